The second-order valence-corrected chi connectivity index (χ2v) is 11.1. The first-order valence-electron chi connectivity index (χ1n) is 13.2. The Labute approximate surface area is 196 Å². The zero-order valence-electron chi connectivity index (χ0n) is 20.6. The Morgan fingerprint density at radius 1 is 1.16 bits per heavy atom. The minimum Gasteiger partial charge on any atom is -0.393 e. The van der Waals surface area contributed by atoms with Crippen molar-refractivity contribution in [3.05, 3.63) is 41.0 Å². The standard InChI is InChI=1S/C29H45NO2/c1-21-26-15-14-24(20-23-10-7-9-22(19-23)11-8-18-32-3)28(29(26,2)17-16-27(21)31)30-25-12-5-4-6-13-25/h7,9-10,19-21,25-28,30-31H,4-6,8,11-18H2,1-3H3/b24-20+/t21?,26?,27?,28?,29-/m0/s1. The van der Waals surface area contributed by atoms with E-state index in [-0.39, 0.29) is 11.5 Å². The molecule has 32 heavy (non-hydrogen) atoms. The third-order valence-electron chi connectivity index (χ3n) is 8.97. The number of nitrogens with one attached hydrogen (secondary N) is 1. The molecule has 0 aromatic heterocycles. The summed E-state index contributed by atoms with van der Waals surface area (Å²) in [7, 11) is 1.78. The SMILES string of the molecule is COCCCc1cccc(/C=C2\CCC3C(C)C(O)CC[C@]3(C)C2NC2CCCCC2)c1. The predicted molar refractivity (Wildman–Crippen MR) is 134 cm³/mol. The van der Waals surface area contributed by atoms with Gasteiger partial charge in [-0.15, -0.1) is 0 Å². The molecule has 0 heterocycles. The Balaban J connectivity index is 1.60. The normalized spacial score (nSPS) is 35.1. The van der Waals surface area contributed by atoms with Crippen molar-refractivity contribution in [3.8, 4) is 0 Å². The highest BCUT2D eigenvalue weighted by Crippen LogP contribution is 2.54. The topological polar surface area (TPSA) is 41.5 Å². The number of benzene rings is 1. The molecule has 0 amide bonds. The second-order valence-electron chi connectivity index (χ2n) is 11.1. The summed E-state index contributed by atoms with van der Waals surface area (Å²) in [6.45, 7) is 5.64. The Morgan fingerprint density at radius 3 is 2.75 bits per heavy atom. The van der Waals surface area contributed by atoms with Crippen LogP contribution in [0.1, 0.15) is 89.2 Å². The lowest BCUT2D eigenvalue weighted by atomic mass is 9.53. The van der Waals surface area contributed by atoms with Gasteiger partial charge in [-0.25, -0.2) is 0 Å². The van der Waals surface area contributed by atoms with Crippen molar-refractivity contribution in [2.24, 2.45) is 17.3 Å². The van der Waals surface area contributed by atoms with Gasteiger partial charge in [-0.05, 0) is 79.7 Å². The quantitative estimate of drug-likeness (QED) is 0.501. The van der Waals surface area contributed by atoms with Crippen LogP contribution in [0.4, 0.5) is 0 Å². The first-order valence-corrected chi connectivity index (χ1v) is 13.2. The highest BCUT2D eigenvalue weighted by Gasteiger charge is 2.52. The van der Waals surface area contributed by atoms with Gasteiger partial charge in [-0.3, -0.25) is 0 Å². The van der Waals surface area contributed by atoms with E-state index in [9.17, 15) is 5.11 Å². The van der Waals surface area contributed by atoms with E-state index in [2.05, 4.69) is 49.5 Å². The predicted octanol–water partition coefficient (Wildman–Crippen LogP) is 6.15. The summed E-state index contributed by atoms with van der Waals surface area (Å²) in [5, 5.41) is 14.8. The summed E-state index contributed by atoms with van der Waals surface area (Å²) in [4.78, 5) is 0. The van der Waals surface area contributed by atoms with E-state index in [1.165, 1.54) is 49.7 Å². The molecule has 4 unspecified atom stereocenters. The number of aliphatic hydroxyl groups excluding tert-OH is 1. The summed E-state index contributed by atoms with van der Waals surface area (Å²) >= 11 is 0. The number of fused-ring (bicyclic) bond motifs is 1. The first kappa shape index (κ1) is 24.0. The molecule has 3 aliphatic carbocycles. The summed E-state index contributed by atoms with van der Waals surface area (Å²) in [6, 6.07) is 10.2. The number of aliphatic hydroxyl groups is 1. The van der Waals surface area contributed by atoms with Gasteiger partial charge in [0.05, 0.1) is 6.10 Å². The fourth-order valence-corrected chi connectivity index (χ4v) is 7.05. The number of ether oxygens (including phenoxy) is 1. The molecule has 0 bridgehead atoms. The molecule has 3 aliphatic rings. The molecule has 178 valence electrons. The lowest BCUT2D eigenvalue weighted by molar-refractivity contribution is -0.0609. The first-order chi connectivity index (χ1) is 15.5. The fraction of sp³-hybridized carbons (Fsp3) is 0.724. The summed E-state index contributed by atoms with van der Waals surface area (Å²) in [5.74, 6) is 1.000. The van der Waals surface area contributed by atoms with E-state index >= 15 is 0 Å². The van der Waals surface area contributed by atoms with Gasteiger partial charge in [0.1, 0.15) is 0 Å². The van der Waals surface area contributed by atoms with Crippen molar-refractivity contribution in [3.63, 3.8) is 0 Å². The smallest absolute Gasteiger partial charge is 0.0568 e. The van der Waals surface area contributed by atoms with Crippen LogP contribution in [0.2, 0.25) is 0 Å². The highest BCUT2D eigenvalue weighted by atomic mass is 16.5. The van der Waals surface area contributed by atoms with E-state index in [1.54, 1.807) is 12.7 Å². The molecule has 0 aliphatic heterocycles. The van der Waals surface area contributed by atoms with Crippen LogP contribution < -0.4 is 5.32 Å². The zero-order chi connectivity index (χ0) is 22.6. The molecule has 0 radical (unpaired) electrons. The summed E-state index contributed by atoms with van der Waals surface area (Å²) in [5.41, 5.74) is 4.57. The van der Waals surface area contributed by atoms with Crippen molar-refractivity contribution < 1.29 is 9.84 Å². The number of methoxy groups -OCH3 is 1. The zero-order valence-corrected chi connectivity index (χ0v) is 20.6. The van der Waals surface area contributed by atoms with Gasteiger partial charge in [0, 0.05) is 25.8 Å². The Kier molecular flexibility index (Phi) is 8.13. The average molecular weight is 440 g/mol. The largest absolute Gasteiger partial charge is 0.393 e. The minimum atomic E-state index is -0.127. The molecule has 1 aromatic rings. The monoisotopic (exact) mass is 439 g/mol. The van der Waals surface area contributed by atoms with Crippen LogP contribution in [0.5, 0.6) is 0 Å². The maximum Gasteiger partial charge on any atom is 0.0568 e. The molecule has 1 aromatic carbocycles. The molecule has 0 saturated heterocycles. The third kappa shape index (κ3) is 5.32. The van der Waals surface area contributed by atoms with E-state index < -0.39 is 0 Å². The van der Waals surface area contributed by atoms with Gasteiger partial charge in [0.15, 0.2) is 0 Å². The molecule has 5 atom stereocenters. The molecule has 0 spiro atoms. The Hall–Kier alpha value is -1.16. The molecular weight excluding hydrogens is 394 g/mol. The molecule has 2 N–H and O–H groups in total. The van der Waals surface area contributed by atoms with Gasteiger partial charge in [0.2, 0.25) is 0 Å². The number of hydrogen-bond acceptors (Lipinski definition) is 3. The van der Waals surface area contributed by atoms with Gasteiger partial charge < -0.3 is 15.2 Å². The van der Waals surface area contributed by atoms with Gasteiger partial charge >= 0.3 is 0 Å². The van der Waals surface area contributed by atoms with Crippen LogP contribution in [-0.4, -0.2) is 37.0 Å². The van der Waals surface area contributed by atoms with Crippen molar-refractivity contribution in [2.45, 2.75) is 103 Å². The van der Waals surface area contributed by atoms with Crippen LogP contribution in [0.25, 0.3) is 6.08 Å². The molecule has 4 rings (SSSR count). The van der Waals surface area contributed by atoms with E-state index in [0.29, 0.717) is 23.9 Å². The number of rotatable bonds is 7. The summed E-state index contributed by atoms with van der Waals surface area (Å²) < 4.78 is 5.24. The molecular formula is C29H45NO2. The van der Waals surface area contributed by atoms with Gasteiger partial charge in [-0.2, -0.15) is 0 Å². The van der Waals surface area contributed by atoms with E-state index in [0.717, 1.165) is 38.7 Å². The van der Waals surface area contributed by atoms with Crippen LogP contribution in [-0.2, 0) is 11.2 Å². The Bertz CT molecular complexity index is 768. The fourth-order valence-electron chi connectivity index (χ4n) is 7.05. The van der Waals surface area contributed by atoms with Crippen LogP contribution in [0, 0.1) is 17.3 Å². The lowest BCUT2D eigenvalue weighted by Gasteiger charge is -2.56. The van der Waals surface area contributed by atoms with Crippen molar-refractivity contribution in [1.82, 2.24) is 5.32 Å². The summed E-state index contributed by atoms with van der Waals surface area (Å²) in [6.07, 6.45) is 15.7. The van der Waals surface area contributed by atoms with Crippen LogP contribution in [0.3, 0.4) is 0 Å². The lowest BCUT2D eigenvalue weighted by Crippen LogP contribution is -2.59. The molecule has 3 fully saturated rings. The van der Waals surface area contributed by atoms with Crippen molar-refractivity contribution in [2.75, 3.05) is 13.7 Å². The third-order valence-corrected chi connectivity index (χ3v) is 8.97. The highest BCUT2D eigenvalue weighted by molar-refractivity contribution is 5.56. The molecule has 3 heteroatoms. The van der Waals surface area contributed by atoms with Crippen molar-refractivity contribution >= 4 is 6.08 Å². The van der Waals surface area contributed by atoms with Crippen molar-refractivity contribution in [1.29, 1.82) is 0 Å². The molecule has 3 saturated carbocycles. The molecule has 3 nitrogen and oxygen atoms in total. The maximum atomic E-state index is 10.6. The van der Waals surface area contributed by atoms with E-state index in [1.807, 2.05) is 0 Å². The number of hydrogen-bond donors (Lipinski definition) is 2. The van der Waals surface area contributed by atoms with E-state index in [4.69, 9.17) is 4.74 Å². The van der Waals surface area contributed by atoms with Crippen LogP contribution >= 0.6 is 0 Å². The second kappa shape index (κ2) is 10.8. The van der Waals surface area contributed by atoms with Gasteiger partial charge in [-0.1, -0.05) is 69.0 Å². The van der Waals surface area contributed by atoms with Gasteiger partial charge in [0.25, 0.3) is 0 Å². The van der Waals surface area contributed by atoms with Crippen LogP contribution in [0.15, 0.2) is 29.8 Å². The Morgan fingerprint density at radius 2 is 1.97 bits per heavy atom. The number of aryl methyl sites for hydroxylation is 1. The minimum absolute atomic E-state index is 0.127. The average Bonchev–Trinajstić information content (AvgIpc) is 2.80. The maximum absolute atomic E-state index is 10.6.